The van der Waals surface area contributed by atoms with Crippen molar-refractivity contribution in [2.24, 2.45) is 5.73 Å². The van der Waals surface area contributed by atoms with Gasteiger partial charge in [0.2, 0.25) is 5.78 Å². The SMILES string of the molecule is COc1cccc2c1C(=O)c1c(O)c3c(c(O)c1C2=O)CC(O)(C(=O)CO)CC3OC1CC(N)C(O)[C@H](C)O1.O. The Morgan fingerprint density at radius 3 is 2.45 bits per heavy atom. The summed E-state index contributed by atoms with van der Waals surface area (Å²) in [6, 6.07) is 3.64. The van der Waals surface area contributed by atoms with Crippen LogP contribution in [0, 0.1) is 0 Å². The number of carbonyl (C=O) groups excluding carboxylic acids is 3. The van der Waals surface area contributed by atoms with E-state index in [0.717, 1.165) is 0 Å². The lowest BCUT2D eigenvalue weighted by Gasteiger charge is -2.42. The highest BCUT2D eigenvalue weighted by Crippen LogP contribution is 2.52. The van der Waals surface area contributed by atoms with Gasteiger partial charge in [-0.25, -0.2) is 0 Å². The number of benzene rings is 2. The molecule has 13 nitrogen and oxygen atoms in total. The van der Waals surface area contributed by atoms with Crippen molar-refractivity contribution in [2.75, 3.05) is 13.7 Å². The van der Waals surface area contributed by atoms with Crippen LogP contribution in [0.4, 0.5) is 0 Å². The van der Waals surface area contributed by atoms with E-state index in [1.54, 1.807) is 6.92 Å². The second-order valence-corrected chi connectivity index (χ2v) is 10.2. The van der Waals surface area contributed by atoms with Crippen molar-refractivity contribution in [1.82, 2.24) is 0 Å². The van der Waals surface area contributed by atoms with Crippen LogP contribution in [0.15, 0.2) is 18.2 Å². The van der Waals surface area contributed by atoms with Crippen LogP contribution in [0.5, 0.6) is 17.2 Å². The fourth-order valence-electron chi connectivity index (χ4n) is 5.75. The standard InChI is InChI=1S/C27H29NO11.H2O/c1-10-22(31)13(28)6-17(38-10)39-15-8-27(36,16(30)9-29)7-12-19(15)26(35)21-20(24(12)33)23(32)11-4-3-5-14(37-2)18(11)25(21)34;/h3-5,10,13,15,17,22,29,31,33,35-36H,6-9,28H2,1-2H3;1H2/t10-,13?,15?,17?,22?,27?;/m0./s1. The van der Waals surface area contributed by atoms with E-state index in [1.807, 2.05) is 0 Å². The Hall–Kier alpha value is -3.43. The van der Waals surface area contributed by atoms with Gasteiger partial charge in [-0.3, -0.25) is 14.4 Å². The zero-order chi connectivity index (χ0) is 28.4. The van der Waals surface area contributed by atoms with Gasteiger partial charge in [0, 0.05) is 42.0 Å². The van der Waals surface area contributed by atoms with Crippen molar-refractivity contribution in [3.63, 3.8) is 0 Å². The number of hydrogen-bond donors (Lipinski definition) is 6. The van der Waals surface area contributed by atoms with Crippen LogP contribution in [0.1, 0.15) is 68.8 Å². The average Bonchev–Trinajstić information content (AvgIpc) is 2.90. The van der Waals surface area contributed by atoms with Crippen molar-refractivity contribution in [3.05, 3.63) is 51.6 Å². The normalized spacial score (nSPS) is 29.1. The number of aliphatic hydroxyl groups is 3. The number of phenolic OH excluding ortho intramolecular Hbond substituents is 2. The Morgan fingerprint density at radius 1 is 1.15 bits per heavy atom. The molecule has 0 radical (unpaired) electrons. The van der Waals surface area contributed by atoms with Crippen molar-refractivity contribution < 1.29 is 59.6 Å². The van der Waals surface area contributed by atoms with E-state index >= 15 is 0 Å². The van der Waals surface area contributed by atoms with E-state index in [4.69, 9.17) is 19.9 Å². The average molecular weight is 562 g/mol. The van der Waals surface area contributed by atoms with Gasteiger partial charge in [0.1, 0.15) is 29.5 Å². The molecule has 9 N–H and O–H groups in total. The third-order valence-electron chi connectivity index (χ3n) is 7.81. The molecule has 1 saturated heterocycles. The van der Waals surface area contributed by atoms with Crippen molar-refractivity contribution in [2.45, 2.75) is 62.4 Å². The first-order valence-electron chi connectivity index (χ1n) is 12.4. The van der Waals surface area contributed by atoms with Crippen LogP contribution in [0.3, 0.4) is 0 Å². The first kappa shape index (κ1) is 29.6. The number of Topliss-reactive ketones (excluding diaryl/α,β-unsaturated/α-hetero) is 1. The molecule has 13 heteroatoms. The number of ether oxygens (including phenoxy) is 3. The summed E-state index contributed by atoms with van der Waals surface area (Å²) in [7, 11) is 1.32. The zero-order valence-corrected chi connectivity index (χ0v) is 21.7. The van der Waals surface area contributed by atoms with Gasteiger partial charge < -0.3 is 51.0 Å². The van der Waals surface area contributed by atoms with E-state index < -0.39 is 95.7 Å². The van der Waals surface area contributed by atoms with Gasteiger partial charge in [-0.2, -0.15) is 0 Å². The second kappa shape index (κ2) is 10.5. The summed E-state index contributed by atoms with van der Waals surface area (Å²) >= 11 is 0. The van der Waals surface area contributed by atoms with E-state index in [0.29, 0.717) is 0 Å². The van der Waals surface area contributed by atoms with Crippen LogP contribution in [-0.2, 0) is 20.7 Å². The number of methoxy groups -OCH3 is 1. The number of nitrogens with two attached hydrogens (primary N) is 1. The lowest BCUT2D eigenvalue weighted by molar-refractivity contribution is -0.247. The first-order chi connectivity index (χ1) is 18.4. The summed E-state index contributed by atoms with van der Waals surface area (Å²) < 4.78 is 17.0. The third-order valence-corrected chi connectivity index (χ3v) is 7.81. The van der Waals surface area contributed by atoms with Crippen LogP contribution in [-0.4, -0.2) is 92.2 Å². The minimum atomic E-state index is -2.24. The summed E-state index contributed by atoms with van der Waals surface area (Å²) in [5.41, 5.74) is 2.37. The molecule has 0 bridgehead atoms. The smallest absolute Gasteiger partial charge is 0.202 e. The lowest BCUT2D eigenvalue weighted by atomic mass is 9.72. The van der Waals surface area contributed by atoms with Gasteiger partial charge in [-0.1, -0.05) is 12.1 Å². The number of aromatic hydroxyl groups is 2. The summed E-state index contributed by atoms with van der Waals surface area (Å²) in [5.74, 6) is -3.77. The minimum Gasteiger partial charge on any atom is -0.507 e. The largest absolute Gasteiger partial charge is 0.507 e. The Kier molecular flexibility index (Phi) is 7.77. The molecule has 1 heterocycles. The molecule has 0 amide bonds. The molecule has 1 aliphatic heterocycles. The van der Waals surface area contributed by atoms with Crippen LogP contribution in [0.2, 0.25) is 0 Å². The fraction of sp³-hybridized carbons (Fsp3) is 0.444. The Bertz CT molecular complexity index is 1380. The Labute approximate surface area is 228 Å². The van der Waals surface area contributed by atoms with E-state index in [-0.39, 0.29) is 39.9 Å². The Balaban J connectivity index is 0.00000370. The van der Waals surface area contributed by atoms with Crippen LogP contribution >= 0.6 is 0 Å². The highest BCUT2D eigenvalue weighted by Gasteiger charge is 2.50. The summed E-state index contributed by atoms with van der Waals surface area (Å²) in [6.07, 6.45) is -5.12. The molecule has 0 aromatic heterocycles. The van der Waals surface area contributed by atoms with Gasteiger partial charge in [-0.05, 0) is 13.0 Å². The highest BCUT2D eigenvalue weighted by molar-refractivity contribution is 6.31. The van der Waals surface area contributed by atoms with Crippen LogP contribution in [0.25, 0.3) is 0 Å². The molecule has 2 aliphatic carbocycles. The quantitative estimate of drug-likeness (QED) is 0.209. The summed E-state index contributed by atoms with van der Waals surface area (Å²) in [4.78, 5) is 39.7. The molecule has 1 fully saturated rings. The van der Waals surface area contributed by atoms with Crippen molar-refractivity contribution in [3.8, 4) is 17.2 Å². The summed E-state index contributed by atoms with van der Waals surface area (Å²) in [6.45, 7) is 0.560. The second-order valence-electron chi connectivity index (χ2n) is 10.2. The number of carbonyl (C=O) groups is 3. The topological polar surface area (TPSA) is 238 Å². The molecule has 5 unspecified atom stereocenters. The Morgan fingerprint density at radius 2 is 1.82 bits per heavy atom. The molecule has 0 spiro atoms. The molecule has 40 heavy (non-hydrogen) atoms. The van der Waals surface area contributed by atoms with Crippen LogP contribution < -0.4 is 10.5 Å². The maximum absolute atomic E-state index is 13.6. The predicted octanol–water partition coefficient (Wildman–Crippen LogP) is -0.823. The van der Waals surface area contributed by atoms with Crippen molar-refractivity contribution >= 4 is 17.3 Å². The van der Waals surface area contributed by atoms with Gasteiger partial charge in [-0.15, -0.1) is 0 Å². The van der Waals surface area contributed by atoms with E-state index in [2.05, 4.69) is 0 Å². The first-order valence-corrected chi connectivity index (χ1v) is 12.4. The monoisotopic (exact) mass is 561 g/mol. The molecule has 2 aromatic rings. The van der Waals surface area contributed by atoms with Crippen molar-refractivity contribution in [1.29, 1.82) is 0 Å². The maximum atomic E-state index is 13.6. The molecule has 216 valence electrons. The number of phenols is 2. The third kappa shape index (κ3) is 4.36. The number of fused-ring (bicyclic) bond motifs is 3. The van der Waals surface area contributed by atoms with Gasteiger partial charge >= 0.3 is 0 Å². The van der Waals surface area contributed by atoms with Gasteiger partial charge in [0.05, 0.1) is 42.1 Å². The molecule has 0 saturated carbocycles. The number of ketones is 3. The molecule has 2 aromatic carbocycles. The van der Waals surface area contributed by atoms with E-state index in [9.17, 15) is 39.9 Å². The fourth-order valence-corrected chi connectivity index (χ4v) is 5.75. The molecule has 6 atom stereocenters. The molecular weight excluding hydrogens is 530 g/mol. The zero-order valence-electron chi connectivity index (χ0n) is 21.7. The van der Waals surface area contributed by atoms with Gasteiger partial charge in [0.15, 0.2) is 17.9 Å². The molecule has 3 aliphatic rings. The molecular formula is C27H31NO12. The number of aliphatic hydroxyl groups excluding tert-OH is 2. The molecule has 5 rings (SSSR count). The summed E-state index contributed by atoms with van der Waals surface area (Å²) in [5, 5.41) is 53.7. The minimum absolute atomic E-state index is 0. The highest BCUT2D eigenvalue weighted by atomic mass is 16.7. The predicted molar refractivity (Wildman–Crippen MR) is 135 cm³/mol. The maximum Gasteiger partial charge on any atom is 0.202 e. The number of hydrogen-bond acceptors (Lipinski definition) is 12. The lowest BCUT2D eigenvalue weighted by Crippen LogP contribution is -2.53. The van der Waals surface area contributed by atoms with Gasteiger partial charge in [0.25, 0.3) is 0 Å². The number of rotatable bonds is 5. The van der Waals surface area contributed by atoms with E-state index in [1.165, 1.54) is 25.3 Å².